The molecule has 1 saturated heterocycles. The molecule has 0 saturated carbocycles. The van der Waals surface area contributed by atoms with Crippen molar-refractivity contribution in [3.8, 4) is 0 Å². The zero-order valence-corrected chi connectivity index (χ0v) is 27.9. The van der Waals surface area contributed by atoms with Crippen molar-refractivity contribution in [2.24, 2.45) is 17.4 Å². The van der Waals surface area contributed by atoms with E-state index in [-0.39, 0.29) is 31.2 Å². The first-order valence-electron chi connectivity index (χ1n) is 16.5. The van der Waals surface area contributed by atoms with Crippen molar-refractivity contribution >= 4 is 29.5 Å². The number of amides is 4. The summed E-state index contributed by atoms with van der Waals surface area (Å²) in [5, 5.41) is 16.5. The Labute approximate surface area is 278 Å². The summed E-state index contributed by atoms with van der Waals surface area (Å²) in [7, 11) is 0. The summed E-state index contributed by atoms with van der Waals surface area (Å²) in [6.07, 6.45) is 1.76. The molecule has 0 aliphatic carbocycles. The van der Waals surface area contributed by atoms with Crippen molar-refractivity contribution in [3.05, 3.63) is 71.8 Å². The van der Waals surface area contributed by atoms with Gasteiger partial charge in [0.05, 0.1) is 11.9 Å². The molecule has 0 unspecified atom stereocenters. The Morgan fingerprint density at radius 3 is 1.83 bits per heavy atom. The van der Waals surface area contributed by atoms with Crippen LogP contribution in [0, 0.1) is 11.3 Å². The molecule has 0 radical (unpaired) electrons. The van der Waals surface area contributed by atoms with Gasteiger partial charge in [0, 0.05) is 32.6 Å². The number of rotatable bonds is 15. The number of carbonyl (C=O) groups is 4. The average molecular weight is 649 g/mol. The first-order valence-corrected chi connectivity index (χ1v) is 16.5. The van der Waals surface area contributed by atoms with Crippen molar-refractivity contribution in [3.63, 3.8) is 0 Å². The van der Waals surface area contributed by atoms with Crippen molar-refractivity contribution in [1.82, 2.24) is 25.8 Å². The lowest BCUT2D eigenvalue weighted by molar-refractivity contribution is -0.138. The third-order valence-electron chi connectivity index (χ3n) is 8.24. The molecule has 0 bridgehead atoms. The van der Waals surface area contributed by atoms with Gasteiger partial charge in [-0.1, -0.05) is 74.5 Å². The first-order chi connectivity index (χ1) is 22.5. The van der Waals surface area contributed by atoms with Gasteiger partial charge in [0.2, 0.25) is 23.6 Å². The van der Waals surface area contributed by atoms with Crippen molar-refractivity contribution < 1.29 is 19.2 Å². The first kappa shape index (κ1) is 37.2. The van der Waals surface area contributed by atoms with Crippen LogP contribution in [0.5, 0.6) is 0 Å². The Morgan fingerprint density at radius 2 is 1.26 bits per heavy atom. The van der Waals surface area contributed by atoms with E-state index >= 15 is 0 Å². The highest BCUT2D eigenvalue weighted by Crippen LogP contribution is 2.12. The van der Waals surface area contributed by atoms with Crippen LogP contribution >= 0.6 is 0 Å². The predicted molar refractivity (Wildman–Crippen MR) is 183 cm³/mol. The molecule has 2 aromatic rings. The van der Waals surface area contributed by atoms with E-state index in [9.17, 15) is 19.2 Å². The van der Waals surface area contributed by atoms with Crippen molar-refractivity contribution in [2.45, 2.75) is 77.0 Å². The summed E-state index contributed by atoms with van der Waals surface area (Å²) in [5.74, 6) is -1.22. The van der Waals surface area contributed by atoms with Crippen LogP contribution < -0.4 is 27.4 Å². The van der Waals surface area contributed by atoms with Gasteiger partial charge in [-0.15, -0.1) is 0 Å². The second-order valence-electron chi connectivity index (χ2n) is 12.6. The summed E-state index contributed by atoms with van der Waals surface area (Å²) < 4.78 is 0. The molecular weight excluding hydrogens is 596 g/mol. The molecule has 3 rings (SSSR count). The van der Waals surface area contributed by atoms with Gasteiger partial charge >= 0.3 is 0 Å². The van der Waals surface area contributed by atoms with Gasteiger partial charge in [0.1, 0.15) is 18.1 Å². The van der Waals surface area contributed by atoms with E-state index in [4.69, 9.17) is 16.9 Å². The predicted octanol–water partition coefficient (Wildman–Crippen LogP) is 1.18. The van der Waals surface area contributed by atoms with E-state index in [1.165, 1.54) is 0 Å². The minimum atomic E-state index is -0.993. The van der Waals surface area contributed by atoms with E-state index < -0.39 is 41.9 Å². The van der Waals surface area contributed by atoms with Crippen LogP contribution in [0.4, 0.5) is 0 Å². The number of benzene rings is 2. The summed E-state index contributed by atoms with van der Waals surface area (Å²) in [5.41, 5.74) is 13.8. The molecule has 8 N–H and O–H groups in total. The fourth-order valence-corrected chi connectivity index (χ4v) is 5.66. The van der Waals surface area contributed by atoms with Crippen LogP contribution in [-0.2, 0) is 32.0 Å². The lowest BCUT2D eigenvalue weighted by atomic mass is 10.00. The fraction of sp³-hybridized carbons (Fsp3) is 0.514. The molecular formula is C35H52N8O4. The zero-order valence-electron chi connectivity index (χ0n) is 27.9. The Hall–Kier alpha value is -4.29. The molecule has 1 aliphatic heterocycles. The van der Waals surface area contributed by atoms with E-state index in [0.717, 1.165) is 11.1 Å². The highest BCUT2D eigenvalue weighted by molar-refractivity contribution is 5.95. The summed E-state index contributed by atoms with van der Waals surface area (Å²) in [6, 6.07) is 15.0. The van der Waals surface area contributed by atoms with Crippen LogP contribution in [0.1, 0.15) is 51.2 Å². The number of nitrogens with two attached hydrogens (primary N) is 2. The van der Waals surface area contributed by atoms with Gasteiger partial charge in [-0.2, -0.15) is 0 Å². The normalized spacial score (nSPS) is 16.0. The largest absolute Gasteiger partial charge is 0.359 e. The number of hydrogen-bond donors (Lipinski definition) is 6. The number of carbonyl (C=O) groups excluding carboxylic acids is 4. The molecule has 1 heterocycles. The van der Waals surface area contributed by atoms with Gasteiger partial charge in [-0.05, 0) is 56.2 Å². The van der Waals surface area contributed by atoms with Gasteiger partial charge in [-0.3, -0.25) is 24.6 Å². The molecule has 12 nitrogen and oxygen atoms in total. The minimum absolute atomic E-state index is 0.0390. The van der Waals surface area contributed by atoms with E-state index in [1.54, 1.807) is 11.8 Å². The molecule has 0 spiro atoms. The van der Waals surface area contributed by atoms with Gasteiger partial charge in [0.25, 0.3) is 0 Å². The van der Waals surface area contributed by atoms with Crippen LogP contribution in [0.3, 0.4) is 0 Å². The van der Waals surface area contributed by atoms with Crippen LogP contribution in [0.2, 0.25) is 0 Å². The van der Waals surface area contributed by atoms with E-state index in [0.29, 0.717) is 51.3 Å². The molecule has 256 valence electrons. The van der Waals surface area contributed by atoms with Crippen LogP contribution in [-0.4, -0.2) is 96.2 Å². The minimum Gasteiger partial charge on any atom is -0.359 e. The maximum Gasteiger partial charge on any atom is 0.245 e. The second kappa shape index (κ2) is 18.8. The van der Waals surface area contributed by atoms with Gasteiger partial charge in [0.15, 0.2) is 0 Å². The summed E-state index contributed by atoms with van der Waals surface area (Å²) >= 11 is 0. The Bertz CT molecular complexity index is 1320. The standard InChI is InChI=1S/C35H52N8O4/c1-24(2)21-30(33(45)39-29(15-16-36)35(47)43-18-10-17-42(19-20-43)25(3)37)41-34(46)31(23-27-13-8-5-9-14-27)40-32(44)28(38)22-26-11-6-4-7-12-26/h4-9,11-14,24,28-31,37H,10,15-23,36,38H2,1-3H3,(H,39,45)(H,40,44)(H,41,46)/t28-,29-,30-,31-/m1/s1. The molecule has 1 fully saturated rings. The average Bonchev–Trinajstić information content (AvgIpc) is 3.31. The molecule has 4 amide bonds. The van der Waals surface area contributed by atoms with Crippen molar-refractivity contribution in [2.75, 3.05) is 32.7 Å². The smallest absolute Gasteiger partial charge is 0.245 e. The van der Waals surface area contributed by atoms with Crippen LogP contribution in [0.25, 0.3) is 0 Å². The molecule has 1 aliphatic rings. The van der Waals surface area contributed by atoms with E-state index in [2.05, 4.69) is 16.0 Å². The molecule has 4 atom stereocenters. The molecule has 12 heteroatoms. The highest BCUT2D eigenvalue weighted by atomic mass is 16.2. The second-order valence-corrected chi connectivity index (χ2v) is 12.6. The maximum absolute atomic E-state index is 13.8. The number of amidine groups is 1. The highest BCUT2D eigenvalue weighted by Gasteiger charge is 2.32. The Balaban J connectivity index is 1.74. The monoisotopic (exact) mass is 648 g/mol. The van der Waals surface area contributed by atoms with Gasteiger partial charge in [-0.25, -0.2) is 0 Å². The number of hydrogen-bond acceptors (Lipinski definition) is 7. The topological polar surface area (TPSA) is 187 Å². The number of nitrogens with one attached hydrogen (secondary N) is 4. The fourth-order valence-electron chi connectivity index (χ4n) is 5.66. The lowest BCUT2D eigenvalue weighted by Crippen LogP contribution is -2.59. The molecule has 47 heavy (non-hydrogen) atoms. The maximum atomic E-state index is 13.8. The van der Waals surface area contributed by atoms with Gasteiger partial charge < -0.3 is 37.2 Å². The summed E-state index contributed by atoms with van der Waals surface area (Å²) in [6.45, 7) is 7.97. The third-order valence-corrected chi connectivity index (χ3v) is 8.24. The van der Waals surface area contributed by atoms with Crippen molar-refractivity contribution in [1.29, 1.82) is 5.41 Å². The SMILES string of the molecule is CC(=N)N1CCCN(C(=O)[C@@H](CCN)NC(=O)[C@@H](CC(C)C)NC(=O)[C@@H](Cc2ccccc2)NC(=O)[C@H](N)Cc2ccccc2)CC1. The zero-order chi connectivity index (χ0) is 34.3. The summed E-state index contributed by atoms with van der Waals surface area (Å²) in [4.78, 5) is 58.0. The Kier molecular flexibility index (Phi) is 14.8. The molecule has 2 aromatic carbocycles. The number of nitrogens with zero attached hydrogens (tertiary/aromatic N) is 2. The van der Waals surface area contributed by atoms with E-state index in [1.807, 2.05) is 79.4 Å². The lowest BCUT2D eigenvalue weighted by Gasteiger charge is -2.29. The van der Waals surface area contributed by atoms with Crippen LogP contribution in [0.15, 0.2) is 60.7 Å². The quantitative estimate of drug-likeness (QED) is 0.124. The third kappa shape index (κ3) is 12.1. The Morgan fingerprint density at radius 1 is 0.745 bits per heavy atom. The molecule has 0 aromatic heterocycles.